The van der Waals surface area contributed by atoms with Crippen LogP contribution in [0.1, 0.15) is 24.8 Å². The van der Waals surface area contributed by atoms with Crippen molar-refractivity contribution in [3.63, 3.8) is 0 Å². The van der Waals surface area contributed by atoms with Crippen molar-refractivity contribution in [2.24, 2.45) is 5.92 Å². The van der Waals surface area contributed by atoms with Crippen LogP contribution in [0.3, 0.4) is 0 Å². The fourth-order valence-corrected chi connectivity index (χ4v) is 3.89. The van der Waals surface area contributed by atoms with Gasteiger partial charge in [0.05, 0.1) is 13.5 Å². The number of nitrogens with zero attached hydrogens (tertiary/aromatic N) is 2. The quantitative estimate of drug-likeness (QED) is 0.634. The molecule has 1 aromatic carbocycles. The van der Waals surface area contributed by atoms with E-state index in [1.165, 1.54) is 5.56 Å². The molecule has 1 atom stereocenters. The van der Waals surface area contributed by atoms with E-state index in [0.29, 0.717) is 12.5 Å². The number of ether oxygens (including phenoxy) is 1. The Morgan fingerprint density at radius 1 is 1.21 bits per heavy atom. The molecule has 0 radical (unpaired) electrons. The van der Waals surface area contributed by atoms with Crippen molar-refractivity contribution < 1.29 is 19.1 Å². The standard InChI is InChI=1S/C21H30N4O4/c1-24(19(26)13-18-20(27)23-21(28)22-18)14-16-8-11-25(12-9-16)10-7-15-3-5-17(29-2)6-4-15/h3-6,16,18H,7-14H2,1-2H3,(H2,22,23,27,28). The van der Waals surface area contributed by atoms with Crippen LogP contribution in [0.2, 0.25) is 0 Å². The summed E-state index contributed by atoms with van der Waals surface area (Å²) in [6, 6.07) is 6.93. The fraction of sp³-hybridized carbons (Fsp3) is 0.571. The first kappa shape index (κ1) is 21.1. The maximum Gasteiger partial charge on any atom is 0.322 e. The summed E-state index contributed by atoms with van der Waals surface area (Å²) in [5.41, 5.74) is 1.31. The van der Waals surface area contributed by atoms with Gasteiger partial charge in [0.2, 0.25) is 5.91 Å². The molecule has 8 nitrogen and oxygen atoms in total. The first-order valence-electron chi connectivity index (χ1n) is 10.1. The van der Waals surface area contributed by atoms with Crippen LogP contribution in [0, 0.1) is 5.92 Å². The highest BCUT2D eigenvalue weighted by Crippen LogP contribution is 2.19. The molecule has 0 saturated carbocycles. The topological polar surface area (TPSA) is 91.0 Å². The van der Waals surface area contributed by atoms with Crippen LogP contribution in [0.15, 0.2) is 24.3 Å². The highest BCUT2D eigenvalue weighted by molar-refractivity contribution is 6.05. The Bertz CT molecular complexity index is 729. The molecule has 29 heavy (non-hydrogen) atoms. The Hall–Kier alpha value is -2.61. The monoisotopic (exact) mass is 402 g/mol. The van der Waals surface area contributed by atoms with Crippen molar-refractivity contribution in [1.29, 1.82) is 0 Å². The minimum absolute atomic E-state index is 0.00871. The summed E-state index contributed by atoms with van der Waals surface area (Å²) in [7, 11) is 3.44. The van der Waals surface area contributed by atoms with E-state index in [4.69, 9.17) is 4.74 Å². The normalized spacial score (nSPS) is 20.3. The van der Waals surface area contributed by atoms with E-state index in [2.05, 4.69) is 27.7 Å². The number of nitrogens with one attached hydrogen (secondary N) is 2. The Morgan fingerprint density at radius 2 is 1.90 bits per heavy atom. The van der Waals surface area contributed by atoms with Crippen LogP contribution >= 0.6 is 0 Å². The first-order valence-corrected chi connectivity index (χ1v) is 10.1. The highest BCUT2D eigenvalue weighted by Gasteiger charge is 2.32. The predicted octanol–water partition coefficient (Wildman–Crippen LogP) is 1.01. The number of rotatable bonds is 8. The molecule has 158 valence electrons. The fourth-order valence-electron chi connectivity index (χ4n) is 3.89. The van der Waals surface area contributed by atoms with Crippen molar-refractivity contribution in [3.05, 3.63) is 29.8 Å². The van der Waals surface area contributed by atoms with Gasteiger partial charge in [-0.3, -0.25) is 14.9 Å². The second-order valence-electron chi connectivity index (χ2n) is 7.88. The third-order valence-electron chi connectivity index (χ3n) is 5.78. The average Bonchev–Trinajstić information content (AvgIpc) is 3.04. The van der Waals surface area contributed by atoms with E-state index in [1.54, 1.807) is 19.1 Å². The molecule has 2 saturated heterocycles. The van der Waals surface area contributed by atoms with Crippen molar-refractivity contribution in [2.75, 3.05) is 40.3 Å². The molecule has 0 aromatic heterocycles. The maximum absolute atomic E-state index is 12.4. The molecule has 4 amide bonds. The van der Waals surface area contributed by atoms with Gasteiger partial charge in [0.15, 0.2) is 0 Å². The number of hydrogen-bond donors (Lipinski definition) is 2. The number of piperidine rings is 1. The second-order valence-corrected chi connectivity index (χ2v) is 7.88. The molecule has 8 heteroatoms. The Kier molecular flexibility index (Phi) is 7.09. The third kappa shape index (κ3) is 5.93. The number of benzene rings is 1. The predicted molar refractivity (Wildman–Crippen MR) is 109 cm³/mol. The van der Waals surface area contributed by atoms with E-state index in [9.17, 15) is 14.4 Å². The zero-order valence-corrected chi connectivity index (χ0v) is 17.1. The van der Waals surface area contributed by atoms with Crippen LogP contribution in [-0.2, 0) is 16.0 Å². The summed E-state index contributed by atoms with van der Waals surface area (Å²) < 4.78 is 5.19. The van der Waals surface area contributed by atoms with E-state index < -0.39 is 18.0 Å². The minimum atomic E-state index is -0.753. The second kappa shape index (κ2) is 9.73. The van der Waals surface area contributed by atoms with Gasteiger partial charge in [-0.1, -0.05) is 12.1 Å². The average molecular weight is 402 g/mol. The van der Waals surface area contributed by atoms with Crippen molar-refractivity contribution >= 4 is 17.8 Å². The lowest BCUT2D eigenvalue weighted by molar-refractivity contribution is -0.133. The Morgan fingerprint density at radius 3 is 2.48 bits per heavy atom. The summed E-state index contributed by atoms with van der Waals surface area (Å²) in [4.78, 5) is 39.3. The molecule has 2 N–H and O–H groups in total. The van der Waals surface area contributed by atoms with Gasteiger partial charge in [-0.25, -0.2) is 4.79 Å². The molecule has 2 aliphatic heterocycles. The highest BCUT2D eigenvalue weighted by atomic mass is 16.5. The van der Waals surface area contributed by atoms with Gasteiger partial charge in [0.1, 0.15) is 11.8 Å². The molecule has 2 heterocycles. The number of carbonyl (C=O) groups excluding carboxylic acids is 3. The number of likely N-dealkylation sites (tertiary alicyclic amines) is 1. The summed E-state index contributed by atoms with van der Waals surface area (Å²) in [5, 5.41) is 4.63. The lowest BCUT2D eigenvalue weighted by Gasteiger charge is -2.34. The molecule has 0 spiro atoms. The van der Waals surface area contributed by atoms with Crippen LogP contribution in [0.25, 0.3) is 0 Å². The van der Waals surface area contributed by atoms with E-state index in [-0.39, 0.29) is 12.3 Å². The Labute approximate surface area is 171 Å². The van der Waals surface area contributed by atoms with E-state index >= 15 is 0 Å². The van der Waals surface area contributed by atoms with Crippen LogP contribution in [-0.4, -0.2) is 74.0 Å². The van der Waals surface area contributed by atoms with Crippen LogP contribution < -0.4 is 15.4 Å². The molecule has 3 rings (SSSR count). The minimum Gasteiger partial charge on any atom is -0.497 e. The third-order valence-corrected chi connectivity index (χ3v) is 5.78. The summed E-state index contributed by atoms with van der Waals surface area (Å²) in [5.74, 6) is 0.800. The van der Waals surface area contributed by atoms with Crippen LogP contribution in [0.5, 0.6) is 5.75 Å². The lowest BCUT2D eigenvalue weighted by atomic mass is 9.95. The molecular formula is C21H30N4O4. The Balaban J connectivity index is 1.36. The van der Waals surface area contributed by atoms with Crippen molar-refractivity contribution in [3.8, 4) is 5.75 Å². The van der Waals surface area contributed by atoms with Gasteiger partial charge < -0.3 is 19.9 Å². The molecule has 0 bridgehead atoms. The van der Waals surface area contributed by atoms with Gasteiger partial charge in [-0.15, -0.1) is 0 Å². The summed E-state index contributed by atoms with van der Waals surface area (Å²) in [6.07, 6.45) is 3.14. The SMILES string of the molecule is COc1ccc(CCN2CCC(CN(C)C(=O)CC3NC(=O)NC3=O)CC2)cc1. The molecule has 2 fully saturated rings. The first-order chi connectivity index (χ1) is 13.9. The van der Waals surface area contributed by atoms with Gasteiger partial charge in [0.25, 0.3) is 5.91 Å². The maximum atomic E-state index is 12.4. The zero-order chi connectivity index (χ0) is 20.8. The van der Waals surface area contributed by atoms with Crippen molar-refractivity contribution in [1.82, 2.24) is 20.4 Å². The number of methoxy groups -OCH3 is 1. The smallest absolute Gasteiger partial charge is 0.322 e. The van der Waals surface area contributed by atoms with Gasteiger partial charge in [-0.05, 0) is 56.0 Å². The molecule has 1 unspecified atom stereocenters. The van der Waals surface area contributed by atoms with Gasteiger partial charge in [0, 0.05) is 20.1 Å². The lowest BCUT2D eigenvalue weighted by Crippen LogP contribution is -2.42. The molecule has 1 aromatic rings. The largest absolute Gasteiger partial charge is 0.497 e. The van der Waals surface area contributed by atoms with Gasteiger partial charge in [-0.2, -0.15) is 0 Å². The zero-order valence-electron chi connectivity index (χ0n) is 17.1. The number of hydrogen-bond acceptors (Lipinski definition) is 5. The molecular weight excluding hydrogens is 372 g/mol. The molecule has 0 aliphatic carbocycles. The summed E-state index contributed by atoms with van der Waals surface area (Å²) >= 11 is 0. The number of urea groups is 1. The summed E-state index contributed by atoms with van der Waals surface area (Å²) in [6.45, 7) is 3.78. The number of imide groups is 1. The van der Waals surface area contributed by atoms with Crippen molar-refractivity contribution in [2.45, 2.75) is 31.7 Å². The van der Waals surface area contributed by atoms with E-state index in [1.807, 2.05) is 12.1 Å². The van der Waals surface area contributed by atoms with Gasteiger partial charge >= 0.3 is 6.03 Å². The number of amides is 4. The number of carbonyl (C=O) groups is 3. The molecule has 2 aliphatic rings. The van der Waals surface area contributed by atoms with E-state index in [0.717, 1.165) is 44.6 Å². The van der Waals surface area contributed by atoms with Crippen LogP contribution in [0.4, 0.5) is 4.79 Å².